The van der Waals surface area contributed by atoms with Gasteiger partial charge in [-0.15, -0.1) is 0 Å². The number of nitrogens with one attached hydrogen (secondary N) is 2. The summed E-state index contributed by atoms with van der Waals surface area (Å²) in [6.07, 6.45) is 0.666. The van der Waals surface area contributed by atoms with Crippen molar-refractivity contribution in [1.29, 1.82) is 0 Å². The molecule has 0 spiro atoms. The molecule has 130 valence electrons. The van der Waals surface area contributed by atoms with Crippen LogP contribution in [0.2, 0.25) is 0 Å². The van der Waals surface area contributed by atoms with Crippen molar-refractivity contribution < 1.29 is 9.53 Å². The van der Waals surface area contributed by atoms with Crippen LogP contribution in [-0.4, -0.2) is 53.7 Å². The van der Waals surface area contributed by atoms with Crippen LogP contribution in [0.3, 0.4) is 0 Å². The summed E-state index contributed by atoms with van der Waals surface area (Å²) in [6.45, 7) is 4.06. The molecule has 2 N–H and O–H groups in total. The molecular formula is C18H21N5O2. The van der Waals surface area contributed by atoms with Crippen LogP contribution < -0.4 is 10.6 Å². The Morgan fingerprint density at radius 3 is 2.92 bits per heavy atom. The number of cyclic esters (lactones) is 1. The summed E-state index contributed by atoms with van der Waals surface area (Å²) in [7, 11) is 0. The summed E-state index contributed by atoms with van der Waals surface area (Å²) in [5, 5.41) is 6.77. The Labute approximate surface area is 146 Å². The molecule has 1 amide bonds. The zero-order chi connectivity index (χ0) is 17.1. The normalized spacial score (nSPS) is 16.5. The SMILES string of the molecule is O=C1OCCN1CCNc1nc(-c2ccccc2)nc2c1CCNC2. The highest BCUT2D eigenvalue weighted by Gasteiger charge is 2.22. The number of hydrogen-bond donors (Lipinski definition) is 2. The van der Waals surface area contributed by atoms with Gasteiger partial charge in [-0.1, -0.05) is 30.3 Å². The number of aromatic nitrogens is 2. The van der Waals surface area contributed by atoms with Crippen LogP contribution in [0.15, 0.2) is 30.3 Å². The first-order valence-electron chi connectivity index (χ1n) is 8.63. The van der Waals surface area contributed by atoms with Crippen molar-refractivity contribution in [2.75, 3.05) is 38.1 Å². The predicted octanol–water partition coefficient (Wildman–Crippen LogP) is 1.65. The van der Waals surface area contributed by atoms with E-state index < -0.39 is 0 Å². The number of ether oxygens (including phenoxy) is 1. The van der Waals surface area contributed by atoms with Gasteiger partial charge in [0.05, 0.1) is 12.2 Å². The maximum atomic E-state index is 11.5. The van der Waals surface area contributed by atoms with Gasteiger partial charge in [-0.2, -0.15) is 0 Å². The molecule has 1 aromatic heterocycles. The van der Waals surface area contributed by atoms with E-state index in [1.165, 1.54) is 5.56 Å². The molecule has 25 heavy (non-hydrogen) atoms. The monoisotopic (exact) mass is 339 g/mol. The second kappa shape index (κ2) is 7.06. The molecule has 2 aromatic rings. The number of fused-ring (bicyclic) bond motifs is 1. The van der Waals surface area contributed by atoms with E-state index in [-0.39, 0.29) is 6.09 Å². The Bertz CT molecular complexity index is 766. The predicted molar refractivity (Wildman–Crippen MR) is 94.3 cm³/mol. The van der Waals surface area contributed by atoms with E-state index in [9.17, 15) is 4.79 Å². The van der Waals surface area contributed by atoms with Gasteiger partial charge < -0.3 is 20.3 Å². The summed E-state index contributed by atoms with van der Waals surface area (Å²) in [4.78, 5) is 22.7. The fourth-order valence-electron chi connectivity index (χ4n) is 3.16. The molecule has 1 fully saturated rings. The summed E-state index contributed by atoms with van der Waals surface area (Å²) in [5.74, 6) is 1.60. The molecule has 0 bridgehead atoms. The number of carbonyl (C=O) groups excluding carboxylic acids is 1. The first-order valence-corrected chi connectivity index (χ1v) is 8.63. The largest absolute Gasteiger partial charge is 0.448 e. The van der Waals surface area contributed by atoms with Crippen LogP contribution in [0.1, 0.15) is 11.3 Å². The molecule has 2 aliphatic rings. The van der Waals surface area contributed by atoms with Gasteiger partial charge in [0.1, 0.15) is 12.4 Å². The molecule has 2 aliphatic heterocycles. The van der Waals surface area contributed by atoms with Crippen LogP contribution in [0.25, 0.3) is 11.4 Å². The van der Waals surface area contributed by atoms with Crippen LogP contribution >= 0.6 is 0 Å². The van der Waals surface area contributed by atoms with Gasteiger partial charge in [0.2, 0.25) is 0 Å². The minimum absolute atomic E-state index is 0.235. The van der Waals surface area contributed by atoms with Crippen molar-refractivity contribution >= 4 is 11.9 Å². The van der Waals surface area contributed by atoms with Crippen molar-refractivity contribution in [3.8, 4) is 11.4 Å². The molecule has 0 aliphatic carbocycles. The van der Waals surface area contributed by atoms with Gasteiger partial charge in [0, 0.05) is 30.8 Å². The quantitative estimate of drug-likeness (QED) is 0.862. The molecule has 0 atom stereocenters. The second-order valence-electron chi connectivity index (χ2n) is 6.14. The van der Waals surface area contributed by atoms with E-state index in [4.69, 9.17) is 14.7 Å². The van der Waals surface area contributed by atoms with Crippen molar-refractivity contribution in [3.05, 3.63) is 41.6 Å². The smallest absolute Gasteiger partial charge is 0.409 e. The third-order valence-corrected chi connectivity index (χ3v) is 4.49. The van der Waals surface area contributed by atoms with Gasteiger partial charge in [-0.05, 0) is 13.0 Å². The Hall–Kier alpha value is -2.67. The highest BCUT2D eigenvalue weighted by Crippen LogP contribution is 2.24. The average molecular weight is 339 g/mol. The lowest BCUT2D eigenvalue weighted by atomic mass is 10.1. The number of carbonyl (C=O) groups is 1. The fraction of sp³-hybridized carbons (Fsp3) is 0.389. The molecule has 3 heterocycles. The van der Waals surface area contributed by atoms with Crippen molar-refractivity contribution in [2.24, 2.45) is 0 Å². The zero-order valence-corrected chi connectivity index (χ0v) is 14.0. The second-order valence-corrected chi connectivity index (χ2v) is 6.14. The maximum Gasteiger partial charge on any atom is 0.409 e. The van der Waals surface area contributed by atoms with Crippen molar-refractivity contribution in [2.45, 2.75) is 13.0 Å². The molecule has 7 heteroatoms. The first kappa shape index (κ1) is 15.8. The standard InChI is InChI=1S/C18H21N5O2/c24-18-23(10-11-25-18)9-8-20-17-14-6-7-19-12-15(14)21-16(22-17)13-4-2-1-3-5-13/h1-5,19H,6-12H2,(H,20,21,22). The van der Waals surface area contributed by atoms with Crippen LogP contribution in [0.5, 0.6) is 0 Å². The molecule has 0 radical (unpaired) electrons. The highest BCUT2D eigenvalue weighted by atomic mass is 16.6. The molecule has 4 rings (SSSR count). The average Bonchev–Trinajstić information content (AvgIpc) is 3.07. The molecule has 7 nitrogen and oxygen atoms in total. The number of rotatable bonds is 5. The van der Waals surface area contributed by atoms with Crippen molar-refractivity contribution in [1.82, 2.24) is 20.2 Å². The highest BCUT2D eigenvalue weighted by molar-refractivity contribution is 5.69. The Morgan fingerprint density at radius 2 is 2.12 bits per heavy atom. The minimum atomic E-state index is -0.235. The van der Waals surface area contributed by atoms with Crippen LogP contribution in [0.4, 0.5) is 10.6 Å². The van der Waals surface area contributed by atoms with Crippen LogP contribution in [0, 0.1) is 0 Å². The van der Waals surface area contributed by atoms with Gasteiger partial charge >= 0.3 is 6.09 Å². The zero-order valence-electron chi connectivity index (χ0n) is 14.0. The van der Waals surface area contributed by atoms with Gasteiger partial charge in [0.15, 0.2) is 5.82 Å². The number of anilines is 1. The Balaban J connectivity index is 1.56. The summed E-state index contributed by atoms with van der Waals surface area (Å²) >= 11 is 0. The van der Waals surface area contributed by atoms with Crippen LogP contribution in [-0.2, 0) is 17.7 Å². The fourth-order valence-corrected chi connectivity index (χ4v) is 3.16. The van der Waals surface area contributed by atoms with Gasteiger partial charge in [-0.25, -0.2) is 14.8 Å². The van der Waals surface area contributed by atoms with Gasteiger partial charge in [-0.3, -0.25) is 0 Å². The molecule has 0 unspecified atom stereocenters. The van der Waals surface area contributed by atoms with Crippen molar-refractivity contribution in [3.63, 3.8) is 0 Å². The summed E-state index contributed by atoms with van der Waals surface area (Å²) in [5.41, 5.74) is 3.22. The molecule has 1 saturated heterocycles. The summed E-state index contributed by atoms with van der Waals surface area (Å²) in [6, 6.07) is 9.99. The van der Waals surface area contributed by atoms with E-state index in [2.05, 4.69) is 10.6 Å². The minimum Gasteiger partial charge on any atom is -0.448 e. The van der Waals surface area contributed by atoms with E-state index >= 15 is 0 Å². The van der Waals surface area contributed by atoms with Gasteiger partial charge in [0.25, 0.3) is 0 Å². The summed E-state index contributed by atoms with van der Waals surface area (Å²) < 4.78 is 4.96. The van der Waals surface area contributed by atoms with E-state index in [1.54, 1.807) is 4.90 Å². The first-order chi connectivity index (χ1) is 12.3. The third kappa shape index (κ3) is 3.41. The topological polar surface area (TPSA) is 79.4 Å². The lowest BCUT2D eigenvalue weighted by Crippen LogP contribution is -2.31. The number of hydrogen-bond acceptors (Lipinski definition) is 6. The molecule has 0 saturated carbocycles. The maximum absolute atomic E-state index is 11.5. The van der Waals surface area contributed by atoms with E-state index in [1.807, 2.05) is 30.3 Å². The Morgan fingerprint density at radius 1 is 1.24 bits per heavy atom. The number of benzene rings is 1. The lowest BCUT2D eigenvalue weighted by Gasteiger charge is -2.21. The number of amides is 1. The lowest BCUT2D eigenvalue weighted by molar-refractivity contribution is 0.159. The molecular weight excluding hydrogens is 318 g/mol. The van der Waals surface area contributed by atoms with E-state index in [0.29, 0.717) is 26.2 Å². The van der Waals surface area contributed by atoms with E-state index in [0.717, 1.165) is 42.4 Å². The third-order valence-electron chi connectivity index (χ3n) is 4.49. The molecule has 1 aromatic carbocycles. The number of nitrogens with zero attached hydrogens (tertiary/aromatic N) is 3. The Kier molecular flexibility index (Phi) is 4.47.